The van der Waals surface area contributed by atoms with Gasteiger partial charge in [0.2, 0.25) is 0 Å². The van der Waals surface area contributed by atoms with Crippen LogP contribution in [-0.2, 0) is 16.1 Å². The second kappa shape index (κ2) is 11.3. The number of aromatic nitrogens is 1. The maximum atomic E-state index is 14.3. The molecule has 0 aliphatic rings. The van der Waals surface area contributed by atoms with Gasteiger partial charge in [0.15, 0.2) is 5.69 Å². The number of amides is 2. The minimum Gasteiger partial charge on any atom is -0.505 e. The minimum absolute atomic E-state index is 0.132. The highest BCUT2D eigenvalue weighted by Crippen LogP contribution is 2.28. The van der Waals surface area contributed by atoms with E-state index in [4.69, 9.17) is 4.74 Å². The van der Waals surface area contributed by atoms with Gasteiger partial charge in [-0.1, -0.05) is 18.2 Å². The molecule has 0 fully saturated rings. The largest absolute Gasteiger partial charge is 0.505 e. The molecule has 2 amide bonds. The number of pyridine rings is 1. The van der Waals surface area contributed by atoms with Crippen molar-refractivity contribution in [1.82, 2.24) is 9.88 Å². The van der Waals surface area contributed by atoms with E-state index in [0.29, 0.717) is 17.7 Å². The van der Waals surface area contributed by atoms with Crippen LogP contribution in [0.4, 0.5) is 19.3 Å². The van der Waals surface area contributed by atoms with Gasteiger partial charge in [0.05, 0.1) is 19.1 Å². The van der Waals surface area contributed by atoms with Crippen LogP contribution in [0.3, 0.4) is 0 Å². The van der Waals surface area contributed by atoms with Gasteiger partial charge in [-0.3, -0.25) is 9.59 Å². The molecule has 0 spiro atoms. The third kappa shape index (κ3) is 6.23. The maximum absolute atomic E-state index is 14.3. The van der Waals surface area contributed by atoms with Gasteiger partial charge in [-0.25, -0.2) is 13.6 Å². The van der Waals surface area contributed by atoms with E-state index in [9.17, 15) is 28.3 Å². The topological polar surface area (TPSA) is 110 Å². The fraction of sp³-hybridized carbons (Fsp3) is 0.240. The van der Waals surface area contributed by atoms with Crippen LogP contribution in [0.2, 0.25) is 0 Å². The molecule has 35 heavy (non-hydrogen) atoms. The average molecular weight is 485 g/mol. The monoisotopic (exact) mass is 485 g/mol. The molecule has 3 rings (SSSR count). The van der Waals surface area contributed by atoms with E-state index < -0.39 is 41.0 Å². The molecule has 0 aliphatic heterocycles. The highest BCUT2D eigenvalue weighted by Gasteiger charge is 2.22. The minimum atomic E-state index is -0.920. The average Bonchev–Trinajstić information content (AvgIpc) is 2.81. The molecule has 2 aromatic carbocycles. The fourth-order valence-electron chi connectivity index (χ4n) is 3.52. The van der Waals surface area contributed by atoms with Crippen molar-refractivity contribution in [3.05, 3.63) is 82.3 Å². The Morgan fingerprint density at radius 2 is 1.89 bits per heavy atom. The van der Waals surface area contributed by atoms with E-state index in [-0.39, 0.29) is 24.3 Å². The smallest absolute Gasteiger partial charge is 0.319 e. The summed E-state index contributed by atoms with van der Waals surface area (Å²) in [6, 6.07) is 9.09. The van der Waals surface area contributed by atoms with E-state index in [1.165, 1.54) is 22.9 Å². The van der Waals surface area contributed by atoms with Crippen molar-refractivity contribution in [2.75, 3.05) is 11.9 Å². The third-order valence-electron chi connectivity index (χ3n) is 5.24. The lowest BCUT2D eigenvalue weighted by Gasteiger charge is -2.20. The highest BCUT2D eigenvalue weighted by atomic mass is 19.1. The first-order chi connectivity index (χ1) is 16.7. The lowest BCUT2D eigenvalue weighted by Crippen LogP contribution is -2.36. The van der Waals surface area contributed by atoms with Crippen LogP contribution in [-0.4, -0.2) is 28.3 Å². The Hall–Kier alpha value is -4.21. The van der Waals surface area contributed by atoms with Crippen LogP contribution in [0, 0.1) is 11.6 Å². The SMILES string of the molecule is CCOC(=O)C[C@H](NC(=O)Nc1c(O)ccn(CC)c1=O)c1cccc(-c2ccc(F)cc2F)c1. The zero-order valence-corrected chi connectivity index (χ0v) is 19.2. The van der Waals surface area contributed by atoms with E-state index in [1.54, 1.807) is 38.1 Å². The number of hydrogen-bond acceptors (Lipinski definition) is 5. The van der Waals surface area contributed by atoms with Gasteiger partial charge in [-0.2, -0.15) is 0 Å². The molecule has 3 aromatic rings. The van der Waals surface area contributed by atoms with Crippen molar-refractivity contribution in [3.8, 4) is 16.9 Å². The summed E-state index contributed by atoms with van der Waals surface area (Å²) in [5.74, 6) is -2.48. The van der Waals surface area contributed by atoms with Crippen molar-refractivity contribution >= 4 is 17.7 Å². The fourth-order valence-corrected chi connectivity index (χ4v) is 3.52. The molecule has 1 heterocycles. The Balaban J connectivity index is 1.91. The Morgan fingerprint density at radius 1 is 1.11 bits per heavy atom. The normalized spacial score (nSPS) is 11.5. The maximum Gasteiger partial charge on any atom is 0.319 e. The molecule has 0 radical (unpaired) electrons. The van der Waals surface area contributed by atoms with Gasteiger partial charge in [0, 0.05) is 24.4 Å². The lowest BCUT2D eigenvalue weighted by molar-refractivity contribution is -0.143. The molecular weight excluding hydrogens is 460 g/mol. The van der Waals surface area contributed by atoms with E-state index in [0.717, 1.165) is 12.1 Å². The molecule has 10 heteroatoms. The number of hydrogen-bond donors (Lipinski definition) is 3. The van der Waals surface area contributed by atoms with Crippen molar-refractivity contribution in [1.29, 1.82) is 0 Å². The number of rotatable bonds is 8. The van der Waals surface area contributed by atoms with Crippen LogP contribution in [0.1, 0.15) is 31.9 Å². The lowest BCUT2D eigenvalue weighted by atomic mass is 9.97. The summed E-state index contributed by atoms with van der Waals surface area (Å²) >= 11 is 0. The Labute approximate surface area is 200 Å². The van der Waals surface area contributed by atoms with Crippen molar-refractivity contribution in [3.63, 3.8) is 0 Å². The van der Waals surface area contributed by atoms with Crippen molar-refractivity contribution in [2.24, 2.45) is 0 Å². The summed E-state index contributed by atoms with van der Waals surface area (Å²) in [6.45, 7) is 3.83. The zero-order valence-electron chi connectivity index (χ0n) is 19.2. The Kier molecular flexibility index (Phi) is 8.19. The van der Waals surface area contributed by atoms with E-state index in [2.05, 4.69) is 10.6 Å². The first-order valence-electron chi connectivity index (χ1n) is 10.9. The summed E-state index contributed by atoms with van der Waals surface area (Å²) in [7, 11) is 0. The Morgan fingerprint density at radius 3 is 2.57 bits per heavy atom. The molecule has 0 saturated carbocycles. The predicted octanol–water partition coefficient (Wildman–Crippen LogP) is 4.34. The van der Waals surface area contributed by atoms with Gasteiger partial charge < -0.3 is 25.0 Å². The molecule has 0 unspecified atom stereocenters. The molecule has 1 aromatic heterocycles. The second-order valence-electron chi connectivity index (χ2n) is 7.58. The second-order valence-corrected chi connectivity index (χ2v) is 7.58. The van der Waals surface area contributed by atoms with E-state index in [1.807, 2.05) is 0 Å². The molecule has 184 valence electrons. The summed E-state index contributed by atoms with van der Waals surface area (Å²) in [5, 5.41) is 15.0. The van der Waals surface area contributed by atoms with E-state index >= 15 is 0 Å². The van der Waals surface area contributed by atoms with Crippen LogP contribution in [0.15, 0.2) is 59.5 Å². The number of benzene rings is 2. The van der Waals surface area contributed by atoms with Crippen molar-refractivity contribution < 1.29 is 28.2 Å². The summed E-state index contributed by atoms with van der Waals surface area (Å²) in [4.78, 5) is 37.4. The number of esters is 1. The van der Waals surface area contributed by atoms with Gasteiger partial charge in [0.1, 0.15) is 17.4 Å². The molecule has 0 aliphatic carbocycles. The first-order valence-corrected chi connectivity index (χ1v) is 10.9. The molecule has 0 bridgehead atoms. The number of halogens is 2. The van der Waals surface area contributed by atoms with Gasteiger partial charge in [0.25, 0.3) is 5.56 Å². The number of nitrogens with one attached hydrogen (secondary N) is 2. The van der Waals surface area contributed by atoms with Crippen molar-refractivity contribution in [2.45, 2.75) is 32.9 Å². The standard InChI is InChI=1S/C25H25F2N3O5/c1-3-30-11-10-21(31)23(24(30)33)29-25(34)28-20(14-22(32)35-4-2)16-7-5-6-15(12-16)18-9-8-17(26)13-19(18)27/h5-13,20,31H,3-4,14H2,1-2H3,(H2,28,29,34)/t20-/m0/s1. The van der Waals surface area contributed by atoms with Crippen LogP contribution < -0.4 is 16.2 Å². The summed E-state index contributed by atoms with van der Waals surface area (Å²) in [6.07, 6.45) is 1.14. The van der Waals surface area contributed by atoms with Gasteiger partial charge in [-0.05, 0) is 49.2 Å². The molecule has 3 N–H and O–H groups in total. The first kappa shape index (κ1) is 25.4. The van der Waals surface area contributed by atoms with Crippen LogP contribution in [0.5, 0.6) is 5.75 Å². The Bertz CT molecular complexity index is 1290. The number of nitrogens with zero attached hydrogens (tertiary/aromatic N) is 1. The summed E-state index contributed by atoms with van der Waals surface area (Å²) in [5.41, 5.74) is 0.0736. The number of carbonyl (C=O) groups excluding carboxylic acids is 2. The molecule has 8 nitrogen and oxygen atoms in total. The molecule has 0 saturated heterocycles. The quantitative estimate of drug-likeness (QED) is 0.412. The van der Waals surface area contributed by atoms with Gasteiger partial charge >= 0.3 is 12.0 Å². The van der Waals surface area contributed by atoms with Crippen LogP contribution in [0.25, 0.3) is 11.1 Å². The zero-order chi connectivity index (χ0) is 25.5. The predicted molar refractivity (Wildman–Crippen MR) is 126 cm³/mol. The third-order valence-corrected chi connectivity index (χ3v) is 5.24. The number of anilines is 1. The number of ether oxygens (including phenoxy) is 1. The number of aromatic hydroxyl groups is 1. The highest BCUT2D eigenvalue weighted by molar-refractivity contribution is 5.91. The number of carbonyl (C=O) groups is 2. The van der Waals surface area contributed by atoms with Gasteiger partial charge in [-0.15, -0.1) is 0 Å². The number of urea groups is 1. The molecular formula is C25H25F2N3O5. The van der Waals surface area contributed by atoms with Crippen LogP contribution >= 0.6 is 0 Å². The molecule has 1 atom stereocenters. The number of aryl methyl sites for hydroxylation is 1. The summed E-state index contributed by atoms with van der Waals surface area (Å²) < 4.78 is 33.9.